The molecule has 0 spiro atoms. The molecule has 0 bridgehead atoms. The zero-order chi connectivity index (χ0) is 15.3. The maximum absolute atomic E-state index is 11.9. The van der Waals surface area contributed by atoms with E-state index in [0.717, 1.165) is 19.3 Å². The van der Waals surface area contributed by atoms with Gasteiger partial charge in [-0.1, -0.05) is 58.3 Å². The number of hydrogen-bond donors (Lipinski definition) is 0. The van der Waals surface area contributed by atoms with Crippen molar-refractivity contribution in [3.8, 4) is 0 Å². The average molecular weight is 296 g/mol. The number of ether oxygens (including phenoxy) is 1. The molecule has 0 aromatic heterocycles. The highest BCUT2D eigenvalue weighted by atomic mass is 16.5. The van der Waals surface area contributed by atoms with Gasteiger partial charge in [-0.3, -0.25) is 9.59 Å². The Morgan fingerprint density at radius 3 is 2.43 bits per heavy atom. The molecule has 1 aliphatic carbocycles. The van der Waals surface area contributed by atoms with Crippen molar-refractivity contribution in [2.24, 2.45) is 5.92 Å². The fourth-order valence-electron chi connectivity index (χ4n) is 3.04. The second kappa shape index (κ2) is 11.8. The largest absolute Gasteiger partial charge is 0.466 e. The Morgan fingerprint density at radius 2 is 1.71 bits per heavy atom. The van der Waals surface area contributed by atoms with Crippen LogP contribution in [0.4, 0.5) is 0 Å². The third kappa shape index (κ3) is 9.65. The van der Waals surface area contributed by atoms with Crippen LogP contribution in [0.2, 0.25) is 0 Å². The van der Waals surface area contributed by atoms with Crippen LogP contribution in [-0.4, -0.2) is 18.4 Å². The molecular formula is C18H32O3. The number of carbonyl (C=O) groups is 2. The molecule has 0 saturated heterocycles. The summed E-state index contributed by atoms with van der Waals surface area (Å²) in [5, 5.41) is 0. The van der Waals surface area contributed by atoms with Gasteiger partial charge in [-0.2, -0.15) is 0 Å². The van der Waals surface area contributed by atoms with E-state index in [0.29, 0.717) is 37.6 Å². The second-order valence-corrected chi connectivity index (χ2v) is 6.38. The number of esters is 1. The lowest BCUT2D eigenvalue weighted by atomic mass is 9.85. The van der Waals surface area contributed by atoms with Crippen LogP contribution in [0.3, 0.4) is 0 Å². The van der Waals surface area contributed by atoms with Crippen molar-refractivity contribution in [3.63, 3.8) is 0 Å². The summed E-state index contributed by atoms with van der Waals surface area (Å²) in [6, 6.07) is 0. The van der Waals surface area contributed by atoms with E-state index in [9.17, 15) is 9.59 Å². The highest BCUT2D eigenvalue weighted by Gasteiger charge is 2.16. The lowest BCUT2D eigenvalue weighted by Gasteiger charge is -2.20. The summed E-state index contributed by atoms with van der Waals surface area (Å²) in [6.45, 7) is 2.56. The highest BCUT2D eigenvalue weighted by Crippen LogP contribution is 2.26. The van der Waals surface area contributed by atoms with Gasteiger partial charge in [0.25, 0.3) is 0 Å². The average Bonchev–Trinajstić information content (AvgIpc) is 2.49. The molecule has 0 amide bonds. The van der Waals surface area contributed by atoms with E-state index in [-0.39, 0.29) is 5.97 Å². The predicted molar refractivity (Wildman–Crippen MR) is 85.2 cm³/mol. The number of rotatable bonds is 11. The van der Waals surface area contributed by atoms with Crippen molar-refractivity contribution in [3.05, 3.63) is 0 Å². The van der Waals surface area contributed by atoms with Gasteiger partial charge in [0, 0.05) is 19.3 Å². The Labute approximate surface area is 129 Å². The molecule has 1 aliphatic rings. The van der Waals surface area contributed by atoms with Gasteiger partial charge in [-0.25, -0.2) is 0 Å². The maximum atomic E-state index is 11.9. The molecule has 1 fully saturated rings. The normalized spacial score (nSPS) is 15.9. The summed E-state index contributed by atoms with van der Waals surface area (Å²) < 4.78 is 5.17. The van der Waals surface area contributed by atoms with E-state index < -0.39 is 0 Å². The molecule has 1 saturated carbocycles. The molecular weight excluding hydrogens is 264 g/mol. The number of unbranched alkanes of at least 4 members (excludes halogenated alkanes) is 3. The molecule has 1 rings (SSSR count). The van der Waals surface area contributed by atoms with E-state index in [2.05, 4.69) is 6.92 Å². The molecule has 0 heterocycles. The monoisotopic (exact) mass is 296 g/mol. The van der Waals surface area contributed by atoms with Gasteiger partial charge < -0.3 is 4.74 Å². The van der Waals surface area contributed by atoms with Crippen molar-refractivity contribution in [2.75, 3.05) is 6.61 Å². The molecule has 0 atom stereocenters. The Hall–Kier alpha value is -0.860. The van der Waals surface area contributed by atoms with E-state index >= 15 is 0 Å². The first-order valence-corrected chi connectivity index (χ1v) is 8.89. The molecule has 0 unspecified atom stereocenters. The zero-order valence-corrected chi connectivity index (χ0v) is 13.7. The summed E-state index contributed by atoms with van der Waals surface area (Å²) in [6.07, 6.45) is 13.3. The fraction of sp³-hybridized carbons (Fsp3) is 0.889. The first-order chi connectivity index (χ1) is 10.2. The summed E-state index contributed by atoms with van der Waals surface area (Å²) >= 11 is 0. The summed E-state index contributed by atoms with van der Waals surface area (Å²) in [7, 11) is 0. The lowest BCUT2D eigenvalue weighted by molar-refractivity contribution is -0.144. The standard InChI is InChI=1S/C18H32O3/c1-2-3-4-8-13-18(20)21-14-9-12-17(19)15-16-10-6-5-7-11-16/h16H,2-15H2,1H3. The van der Waals surface area contributed by atoms with E-state index in [1.54, 1.807) is 0 Å². The van der Waals surface area contributed by atoms with Gasteiger partial charge in [0.1, 0.15) is 5.78 Å². The molecule has 3 nitrogen and oxygen atoms in total. The molecule has 0 aliphatic heterocycles. The zero-order valence-electron chi connectivity index (χ0n) is 13.7. The minimum absolute atomic E-state index is 0.106. The molecule has 0 radical (unpaired) electrons. The van der Waals surface area contributed by atoms with Crippen LogP contribution in [0.5, 0.6) is 0 Å². The smallest absolute Gasteiger partial charge is 0.305 e. The molecule has 0 aromatic rings. The Morgan fingerprint density at radius 1 is 0.952 bits per heavy atom. The summed E-state index contributed by atoms with van der Waals surface area (Å²) in [5.41, 5.74) is 0. The molecule has 0 N–H and O–H groups in total. The van der Waals surface area contributed by atoms with Crippen molar-refractivity contribution < 1.29 is 14.3 Å². The van der Waals surface area contributed by atoms with Gasteiger partial charge >= 0.3 is 5.97 Å². The minimum Gasteiger partial charge on any atom is -0.466 e. The Balaban J connectivity index is 1.95. The van der Waals surface area contributed by atoms with Crippen LogP contribution in [0, 0.1) is 5.92 Å². The number of ketones is 1. The summed E-state index contributed by atoms with van der Waals surface area (Å²) in [5.74, 6) is 0.860. The minimum atomic E-state index is -0.106. The van der Waals surface area contributed by atoms with Crippen LogP contribution in [0.1, 0.15) is 90.4 Å². The summed E-state index contributed by atoms with van der Waals surface area (Å²) in [4.78, 5) is 23.3. The predicted octanol–water partition coefficient (Wildman–Crippen LogP) is 4.82. The molecule has 3 heteroatoms. The van der Waals surface area contributed by atoms with Crippen LogP contribution in [0.25, 0.3) is 0 Å². The van der Waals surface area contributed by atoms with Crippen LogP contribution < -0.4 is 0 Å². The first-order valence-electron chi connectivity index (χ1n) is 8.89. The third-order valence-corrected chi connectivity index (χ3v) is 4.34. The molecule has 0 aromatic carbocycles. The van der Waals surface area contributed by atoms with Crippen LogP contribution >= 0.6 is 0 Å². The van der Waals surface area contributed by atoms with Gasteiger partial charge in [0.2, 0.25) is 0 Å². The third-order valence-electron chi connectivity index (χ3n) is 4.34. The Bertz CT molecular complexity index is 293. The van der Waals surface area contributed by atoms with Crippen molar-refractivity contribution >= 4 is 11.8 Å². The van der Waals surface area contributed by atoms with E-state index in [1.807, 2.05) is 0 Å². The quantitative estimate of drug-likeness (QED) is 0.405. The van der Waals surface area contributed by atoms with E-state index in [4.69, 9.17) is 4.74 Å². The second-order valence-electron chi connectivity index (χ2n) is 6.38. The number of Topliss-reactive ketones (excluding diaryl/α,β-unsaturated/α-hetero) is 1. The lowest BCUT2D eigenvalue weighted by Crippen LogP contribution is -2.13. The van der Waals surface area contributed by atoms with Gasteiger partial charge in [0.05, 0.1) is 6.61 Å². The number of carbonyl (C=O) groups excluding carboxylic acids is 2. The maximum Gasteiger partial charge on any atom is 0.305 e. The van der Waals surface area contributed by atoms with Crippen molar-refractivity contribution in [1.82, 2.24) is 0 Å². The van der Waals surface area contributed by atoms with Crippen LogP contribution in [0.15, 0.2) is 0 Å². The SMILES string of the molecule is CCCCCCC(=O)OCCCC(=O)CC1CCCCC1. The van der Waals surface area contributed by atoms with Gasteiger partial charge in [-0.15, -0.1) is 0 Å². The Kier molecular flexibility index (Phi) is 10.2. The van der Waals surface area contributed by atoms with Gasteiger partial charge in [0.15, 0.2) is 0 Å². The van der Waals surface area contributed by atoms with Crippen molar-refractivity contribution in [2.45, 2.75) is 90.4 Å². The highest BCUT2D eigenvalue weighted by molar-refractivity contribution is 5.78. The fourth-order valence-corrected chi connectivity index (χ4v) is 3.04. The number of hydrogen-bond acceptors (Lipinski definition) is 3. The van der Waals surface area contributed by atoms with E-state index in [1.165, 1.54) is 44.9 Å². The molecule has 21 heavy (non-hydrogen) atoms. The van der Waals surface area contributed by atoms with Gasteiger partial charge in [-0.05, 0) is 18.8 Å². The molecule has 122 valence electrons. The first kappa shape index (κ1) is 18.2. The van der Waals surface area contributed by atoms with Crippen LogP contribution in [-0.2, 0) is 14.3 Å². The van der Waals surface area contributed by atoms with Crippen molar-refractivity contribution in [1.29, 1.82) is 0 Å². The topological polar surface area (TPSA) is 43.4 Å².